The molecule has 2 heterocycles. The van der Waals surface area contributed by atoms with E-state index in [2.05, 4.69) is 23.6 Å². The molecule has 220 valence electrons. The lowest BCUT2D eigenvalue weighted by Gasteiger charge is -2.41. The average Bonchev–Trinajstić information content (AvgIpc) is 3.47. The maximum Gasteiger partial charge on any atom is 0.319 e. The van der Waals surface area contributed by atoms with Gasteiger partial charge in [0.1, 0.15) is 0 Å². The van der Waals surface area contributed by atoms with Gasteiger partial charge in [0, 0.05) is 29.5 Å². The number of fused-ring (bicyclic) bond motifs is 1. The van der Waals surface area contributed by atoms with Crippen molar-refractivity contribution < 1.29 is 19.4 Å². The van der Waals surface area contributed by atoms with Crippen molar-refractivity contribution in [1.29, 1.82) is 0 Å². The number of amides is 2. The molecule has 9 heteroatoms. The van der Waals surface area contributed by atoms with E-state index in [9.17, 15) is 9.90 Å². The first-order valence-corrected chi connectivity index (χ1v) is 16.0. The number of aliphatic hydroxyl groups is 1. The first-order valence-electron chi connectivity index (χ1n) is 14.2. The van der Waals surface area contributed by atoms with E-state index in [1.807, 2.05) is 97.1 Å². The quantitative estimate of drug-likeness (QED) is 0.148. The number of thioether (sulfide) groups is 1. The maximum atomic E-state index is 12.4. The lowest BCUT2D eigenvalue weighted by molar-refractivity contribution is -0.268. The molecule has 0 saturated carbocycles. The highest BCUT2D eigenvalue weighted by Gasteiger charge is 2.38. The Labute approximate surface area is 259 Å². The second-order valence-electron chi connectivity index (χ2n) is 10.5. The van der Waals surface area contributed by atoms with Crippen LogP contribution in [0, 0.1) is 5.92 Å². The molecule has 4 aromatic carbocycles. The molecule has 2 amide bonds. The number of anilines is 1. The van der Waals surface area contributed by atoms with E-state index in [0.29, 0.717) is 12.2 Å². The van der Waals surface area contributed by atoms with E-state index in [1.165, 1.54) is 4.70 Å². The Kier molecular flexibility index (Phi) is 9.36. The molecule has 0 spiro atoms. The molecule has 6 rings (SSSR count). The van der Waals surface area contributed by atoms with Crippen LogP contribution in [0.15, 0.2) is 107 Å². The Morgan fingerprint density at radius 1 is 0.884 bits per heavy atom. The SMILES string of the molecule is C[C@@H]1[C@H](CSc2nc3ccccc3s2)O[C@H](c2ccc(NC(=O)NCc3ccccc3)cc2)O[C@@H]1c1ccc(CO)cc1. The van der Waals surface area contributed by atoms with Gasteiger partial charge in [-0.05, 0) is 41.0 Å². The van der Waals surface area contributed by atoms with Gasteiger partial charge in [-0.15, -0.1) is 11.3 Å². The number of para-hydroxylation sites is 1. The molecule has 7 nitrogen and oxygen atoms in total. The monoisotopic (exact) mass is 611 g/mol. The minimum absolute atomic E-state index is 0.000805. The molecule has 0 radical (unpaired) electrons. The third-order valence-corrected chi connectivity index (χ3v) is 9.77. The summed E-state index contributed by atoms with van der Waals surface area (Å²) in [4.78, 5) is 17.2. The average molecular weight is 612 g/mol. The topological polar surface area (TPSA) is 92.7 Å². The Bertz CT molecular complexity index is 1610. The van der Waals surface area contributed by atoms with Crippen molar-refractivity contribution in [3.63, 3.8) is 0 Å². The molecule has 4 atom stereocenters. The minimum Gasteiger partial charge on any atom is -0.392 e. The Morgan fingerprint density at radius 3 is 2.35 bits per heavy atom. The highest BCUT2D eigenvalue weighted by atomic mass is 32.2. The Balaban J connectivity index is 1.16. The molecule has 0 aliphatic carbocycles. The number of aromatic nitrogens is 1. The zero-order valence-corrected chi connectivity index (χ0v) is 25.3. The van der Waals surface area contributed by atoms with Gasteiger partial charge in [-0.3, -0.25) is 0 Å². The summed E-state index contributed by atoms with van der Waals surface area (Å²) in [5.74, 6) is 0.806. The number of urea groups is 1. The highest BCUT2D eigenvalue weighted by molar-refractivity contribution is 8.01. The molecular formula is C34H33N3O4S2. The lowest BCUT2D eigenvalue weighted by Crippen LogP contribution is -2.38. The zero-order chi connectivity index (χ0) is 29.6. The van der Waals surface area contributed by atoms with E-state index in [1.54, 1.807) is 23.1 Å². The van der Waals surface area contributed by atoms with Crippen LogP contribution in [0.25, 0.3) is 10.2 Å². The van der Waals surface area contributed by atoms with Gasteiger partial charge < -0.3 is 25.2 Å². The molecule has 1 aliphatic heterocycles. The molecule has 1 aliphatic rings. The highest BCUT2D eigenvalue weighted by Crippen LogP contribution is 2.43. The van der Waals surface area contributed by atoms with Crippen LogP contribution in [-0.4, -0.2) is 28.0 Å². The van der Waals surface area contributed by atoms with Crippen LogP contribution in [0.2, 0.25) is 0 Å². The van der Waals surface area contributed by atoms with Crippen molar-refractivity contribution in [1.82, 2.24) is 10.3 Å². The zero-order valence-electron chi connectivity index (χ0n) is 23.7. The summed E-state index contributed by atoms with van der Waals surface area (Å²) >= 11 is 3.40. The normalized spacial score (nSPS) is 20.1. The molecule has 0 unspecified atom stereocenters. The Morgan fingerprint density at radius 2 is 1.60 bits per heavy atom. The first kappa shape index (κ1) is 29.3. The van der Waals surface area contributed by atoms with E-state index in [-0.39, 0.29) is 30.8 Å². The van der Waals surface area contributed by atoms with Gasteiger partial charge in [0.15, 0.2) is 10.6 Å². The summed E-state index contributed by atoms with van der Waals surface area (Å²) in [6.45, 7) is 2.61. The first-order chi connectivity index (χ1) is 21.1. The summed E-state index contributed by atoms with van der Waals surface area (Å²) in [6, 6.07) is 33.2. The summed E-state index contributed by atoms with van der Waals surface area (Å²) in [5.41, 5.74) is 5.50. The number of nitrogens with zero attached hydrogens (tertiary/aromatic N) is 1. The van der Waals surface area contributed by atoms with Crippen LogP contribution in [0.1, 0.15) is 41.6 Å². The fraction of sp³-hybridized carbons (Fsp3) is 0.235. The van der Waals surface area contributed by atoms with E-state index in [0.717, 1.165) is 37.9 Å². The number of hydrogen-bond acceptors (Lipinski definition) is 7. The summed E-state index contributed by atoms with van der Waals surface area (Å²) in [5, 5.41) is 15.3. The smallest absolute Gasteiger partial charge is 0.319 e. The standard InChI is InChI=1S/C34H33N3O4S2/c1-22-29(21-42-34-37-28-9-5-6-10-30(28)43-34)40-32(41-31(22)25-13-11-24(20-38)12-14-25)26-15-17-27(18-16-26)36-33(39)35-19-23-7-3-2-4-8-23/h2-18,22,29,31-32,38H,19-21H2,1H3,(H2,35,36,39)/t22-,29+,31+,32+/m1/s1. The number of aliphatic hydroxyl groups excluding tert-OH is 1. The van der Waals surface area contributed by atoms with Gasteiger partial charge in [0.25, 0.3) is 0 Å². The van der Waals surface area contributed by atoms with Crippen LogP contribution in [0.4, 0.5) is 10.5 Å². The summed E-state index contributed by atoms with van der Waals surface area (Å²) in [6.07, 6.45) is -0.880. The van der Waals surface area contributed by atoms with E-state index in [4.69, 9.17) is 14.5 Å². The number of nitrogens with one attached hydrogen (secondary N) is 2. The second-order valence-corrected chi connectivity index (χ2v) is 12.8. The van der Waals surface area contributed by atoms with E-state index >= 15 is 0 Å². The van der Waals surface area contributed by atoms with Gasteiger partial charge in [0.05, 0.1) is 29.0 Å². The van der Waals surface area contributed by atoms with Crippen LogP contribution >= 0.6 is 23.1 Å². The number of carbonyl (C=O) groups is 1. The molecular weight excluding hydrogens is 579 g/mol. The van der Waals surface area contributed by atoms with Crippen LogP contribution in [0.5, 0.6) is 0 Å². The third-order valence-electron chi connectivity index (χ3n) is 7.51. The number of rotatable bonds is 9. The minimum atomic E-state index is -0.583. The fourth-order valence-corrected chi connectivity index (χ4v) is 7.31. The summed E-state index contributed by atoms with van der Waals surface area (Å²) in [7, 11) is 0. The predicted octanol–water partition coefficient (Wildman–Crippen LogP) is 7.69. The summed E-state index contributed by atoms with van der Waals surface area (Å²) < 4.78 is 15.3. The van der Waals surface area contributed by atoms with Gasteiger partial charge >= 0.3 is 6.03 Å². The number of benzene rings is 4. The van der Waals surface area contributed by atoms with Gasteiger partial charge in [-0.1, -0.05) is 97.5 Å². The largest absolute Gasteiger partial charge is 0.392 e. The second kappa shape index (κ2) is 13.7. The number of thiazole rings is 1. The molecule has 0 bridgehead atoms. The van der Waals surface area contributed by atoms with Crippen LogP contribution in [0.3, 0.4) is 0 Å². The van der Waals surface area contributed by atoms with Crippen molar-refractivity contribution >= 4 is 45.0 Å². The van der Waals surface area contributed by atoms with Gasteiger partial charge in [-0.25, -0.2) is 9.78 Å². The van der Waals surface area contributed by atoms with Crippen molar-refractivity contribution in [2.24, 2.45) is 5.92 Å². The predicted molar refractivity (Wildman–Crippen MR) is 172 cm³/mol. The van der Waals surface area contributed by atoms with Crippen LogP contribution in [-0.2, 0) is 22.6 Å². The molecule has 1 saturated heterocycles. The van der Waals surface area contributed by atoms with Crippen molar-refractivity contribution in [2.45, 2.75) is 42.9 Å². The number of ether oxygens (including phenoxy) is 2. The number of hydrogen-bond donors (Lipinski definition) is 3. The van der Waals surface area contributed by atoms with Crippen LogP contribution < -0.4 is 10.6 Å². The van der Waals surface area contributed by atoms with Crippen molar-refractivity contribution in [3.05, 3.63) is 125 Å². The maximum absolute atomic E-state index is 12.4. The van der Waals surface area contributed by atoms with Gasteiger partial charge in [-0.2, -0.15) is 0 Å². The molecule has 43 heavy (non-hydrogen) atoms. The molecule has 3 N–H and O–H groups in total. The lowest BCUT2D eigenvalue weighted by atomic mass is 9.91. The van der Waals surface area contributed by atoms with Crippen molar-refractivity contribution in [3.8, 4) is 0 Å². The van der Waals surface area contributed by atoms with Gasteiger partial charge in [0.2, 0.25) is 0 Å². The molecule has 1 aromatic heterocycles. The third kappa shape index (κ3) is 7.26. The molecule has 5 aromatic rings. The Hall–Kier alpha value is -3.73. The van der Waals surface area contributed by atoms with E-state index < -0.39 is 6.29 Å². The molecule has 1 fully saturated rings. The van der Waals surface area contributed by atoms with Crippen molar-refractivity contribution in [2.75, 3.05) is 11.1 Å². The fourth-order valence-electron chi connectivity index (χ4n) is 5.05. The number of carbonyl (C=O) groups excluding carboxylic acids is 1.